The van der Waals surface area contributed by atoms with Crippen molar-refractivity contribution in [3.05, 3.63) is 46.5 Å². The smallest absolute Gasteiger partial charge is 0.257 e. The van der Waals surface area contributed by atoms with Gasteiger partial charge in [-0.3, -0.25) is 9.69 Å². The van der Waals surface area contributed by atoms with Crippen LogP contribution in [0.15, 0.2) is 29.7 Å². The summed E-state index contributed by atoms with van der Waals surface area (Å²) >= 11 is 0. The van der Waals surface area contributed by atoms with Gasteiger partial charge in [-0.2, -0.15) is 0 Å². The van der Waals surface area contributed by atoms with E-state index >= 15 is 0 Å². The predicted octanol–water partition coefficient (Wildman–Crippen LogP) is 1.26. The zero-order chi connectivity index (χ0) is 18.3. The monoisotopic (exact) mass is 354 g/mol. The Kier molecular flexibility index (Phi) is 4.48. The molecular weight excluding hydrogens is 328 g/mol. The van der Waals surface area contributed by atoms with Crippen molar-refractivity contribution < 1.29 is 0 Å². The lowest BCUT2D eigenvalue weighted by Gasteiger charge is -2.22. The fourth-order valence-corrected chi connectivity index (χ4v) is 4.16. The van der Waals surface area contributed by atoms with Gasteiger partial charge in [-0.25, -0.2) is 15.0 Å². The molecule has 2 aromatic heterocycles. The Morgan fingerprint density at radius 3 is 2.58 bits per heavy atom. The van der Waals surface area contributed by atoms with E-state index in [2.05, 4.69) is 44.7 Å². The molecular formula is C19H26N6O. The molecule has 2 fully saturated rings. The van der Waals surface area contributed by atoms with Crippen LogP contribution in [0.5, 0.6) is 0 Å². The number of nitrogens with zero attached hydrogens (tertiary/aromatic N) is 6. The van der Waals surface area contributed by atoms with Gasteiger partial charge in [-0.1, -0.05) is 13.8 Å². The largest absolute Gasteiger partial charge is 0.356 e. The molecule has 2 aromatic rings. The van der Waals surface area contributed by atoms with Crippen molar-refractivity contribution in [2.24, 2.45) is 18.9 Å². The number of fused-ring (bicyclic) bond motifs is 1. The van der Waals surface area contributed by atoms with Crippen molar-refractivity contribution >= 4 is 5.82 Å². The van der Waals surface area contributed by atoms with Crippen LogP contribution in [0.3, 0.4) is 0 Å². The summed E-state index contributed by atoms with van der Waals surface area (Å²) in [6.07, 6.45) is 4.95. The quantitative estimate of drug-likeness (QED) is 0.824. The normalized spacial score (nSPS) is 23.0. The minimum atomic E-state index is 0.0564. The molecule has 2 aliphatic heterocycles. The summed E-state index contributed by atoms with van der Waals surface area (Å²) in [5.41, 5.74) is 1.94. The maximum atomic E-state index is 12.2. The van der Waals surface area contributed by atoms with Crippen molar-refractivity contribution in [2.75, 3.05) is 31.1 Å². The topological polar surface area (TPSA) is 67.2 Å². The van der Waals surface area contributed by atoms with Gasteiger partial charge in [-0.15, -0.1) is 0 Å². The summed E-state index contributed by atoms with van der Waals surface area (Å²) < 4.78 is 1.55. The number of anilines is 1. The van der Waals surface area contributed by atoms with Crippen LogP contribution >= 0.6 is 0 Å². The van der Waals surface area contributed by atoms with Crippen molar-refractivity contribution in [2.45, 2.75) is 26.3 Å². The third-order valence-electron chi connectivity index (χ3n) is 5.61. The third kappa shape index (κ3) is 3.23. The molecule has 2 saturated heterocycles. The molecule has 2 atom stereocenters. The molecule has 0 aromatic carbocycles. The second-order valence-corrected chi connectivity index (χ2v) is 7.91. The Balaban J connectivity index is 1.40. The molecule has 138 valence electrons. The van der Waals surface area contributed by atoms with Crippen LogP contribution in [0.4, 0.5) is 5.82 Å². The maximum absolute atomic E-state index is 12.2. The molecule has 2 aliphatic rings. The van der Waals surface area contributed by atoms with Crippen molar-refractivity contribution in [3.63, 3.8) is 0 Å². The fourth-order valence-electron chi connectivity index (χ4n) is 4.16. The van der Waals surface area contributed by atoms with Crippen LogP contribution < -0.4 is 10.5 Å². The van der Waals surface area contributed by atoms with Gasteiger partial charge in [0.2, 0.25) is 0 Å². The van der Waals surface area contributed by atoms with E-state index in [1.54, 1.807) is 30.5 Å². The molecule has 26 heavy (non-hydrogen) atoms. The number of aryl methyl sites for hydroxylation is 1. The Bertz CT molecular complexity index is 834. The van der Waals surface area contributed by atoms with E-state index in [0.29, 0.717) is 24.3 Å². The molecule has 0 saturated carbocycles. The maximum Gasteiger partial charge on any atom is 0.257 e. The van der Waals surface area contributed by atoms with Gasteiger partial charge >= 0.3 is 0 Å². The van der Waals surface area contributed by atoms with Gasteiger partial charge in [-0.05, 0) is 17.8 Å². The van der Waals surface area contributed by atoms with E-state index < -0.39 is 0 Å². The number of rotatable bonds is 4. The highest BCUT2D eigenvalue weighted by atomic mass is 16.1. The molecule has 0 amide bonds. The summed E-state index contributed by atoms with van der Waals surface area (Å²) in [4.78, 5) is 30.0. The number of hydrogen-bond acceptors (Lipinski definition) is 6. The summed E-state index contributed by atoms with van der Waals surface area (Å²) in [7, 11) is 1.75. The third-order valence-corrected chi connectivity index (χ3v) is 5.61. The Hall–Kier alpha value is -2.28. The van der Waals surface area contributed by atoms with Crippen LogP contribution in [-0.4, -0.2) is 50.6 Å². The van der Waals surface area contributed by atoms with Crippen molar-refractivity contribution in [1.82, 2.24) is 24.4 Å². The standard InChI is InChI=1S/C19H26N6O/c1-13(2)17-4-18(22-11-21-17)25-9-15-7-24(8-16(15)10-25)6-14-5-20-12-23(3)19(14)26/h4-5,11-13,15-16H,6-10H2,1-3H3. The van der Waals surface area contributed by atoms with E-state index in [0.717, 1.165) is 43.3 Å². The molecule has 7 nitrogen and oxygen atoms in total. The van der Waals surface area contributed by atoms with E-state index in [9.17, 15) is 4.79 Å². The molecule has 0 N–H and O–H groups in total. The van der Waals surface area contributed by atoms with Crippen LogP contribution in [0, 0.1) is 11.8 Å². The van der Waals surface area contributed by atoms with Crippen molar-refractivity contribution in [1.29, 1.82) is 0 Å². The van der Waals surface area contributed by atoms with E-state index in [1.807, 2.05) is 0 Å². The zero-order valence-electron chi connectivity index (χ0n) is 15.7. The second kappa shape index (κ2) is 6.79. The Morgan fingerprint density at radius 1 is 1.15 bits per heavy atom. The van der Waals surface area contributed by atoms with Gasteiger partial charge < -0.3 is 9.47 Å². The van der Waals surface area contributed by atoms with Crippen molar-refractivity contribution in [3.8, 4) is 0 Å². The molecule has 2 unspecified atom stereocenters. The first-order valence-corrected chi connectivity index (χ1v) is 9.30. The lowest BCUT2D eigenvalue weighted by Crippen LogP contribution is -2.31. The zero-order valence-corrected chi connectivity index (χ0v) is 15.7. The number of aromatic nitrogens is 4. The molecule has 0 aliphatic carbocycles. The fraction of sp³-hybridized carbons (Fsp3) is 0.579. The number of likely N-dealkylation sites (tertiary alicyclic amines) is 1. The highest BCUT2D eigenvalue weighted by Gasteiger charge is 2.40. The average molecular weight is 354 g/mol. The van der Waals surface area contributed by atoms with Gasteiger partial charge in [0.05, 0.1) is 6.33 Å². The molecule has 4 rings (SSSR count). The highest BCUT2D eigenvalue weighted by Crippen LogP contribution is 2.34. The van der Waals surface area contributed by atoms with Crippen LogP contribution in [-0.2, 0) is 13.6 Å². The van der Waals surface area contributed by atoms with Crippen LogP contribution in [0.25, 0.3) is 0 Å². The lowest BCUT2D eigenvalue weighted by molar-refractivity contribution is 0.306. The SMILES string of the molecule is CC(C)c1cc(N2CC3CN(Cc4cncn(C)c4=O)CC3C2)ncn1. The molecule has 0 radical (unpaired) electrons. The molecule has 7 heteroatoms. The first-order valence-electron chi connectivity index (χ1n) is 9.30. The van der Waals surface area contributed by atoms with E-state index in [1.165, 1.54) is 0 Å². The first kappa shape index (κ1) is 17.1. The van der Waals surface area contributed by atoms with Gasteiger partial charge in [0.25, 0.3) is 5.56 Å². The summed E-state index contributed by atoms with van der Waals surface area (Å²) in [5, 5.41) is 0. The van der Waals surface area contributed by atoms with Crippen LogP contribution in [0.1, 0.15) is 31.0 Å². The van der Waals surface area contributed by atoms with E-state index in [-0.39, 0.29) is 5.56 Å². The Morgan fingerprint density at radius 2 is 1.88 bits per heavy atom. The van der Waals surface area contributed by atoms with Gasteiger partial charge in [0.15, 0.2) is 0 Å². The average Bonchev–Trinajstić information content (AvgIpc) is 3.17. The molecule has 0 bridgehead atoms. The second-order valence-electron chi connectivity index (χ2n) is 7.91. The van der Waals surface area contributed by atoms with E-state index in [4.69, 9.17) is 0 Å². The summed E-state index contributed by atoms with van der Waals surface area (Å²) in [6, 6.07) is 2.13. The summed E-state index contributed by atoms with van der Waals surface area (Å²) in [6.45, 7) is 9.12. The predicted molar refractivity (Wildman–Crippen MR) is 100 cm³/mol. The number of hydrogen-bond donors (Lipinski definition) is 0. The highest BCUT2D eigenvalue weighted by molar-refractivity contribution is 5.41. The Labute approximate surface area is 153 Å². The van der Waals surface area contributed by atoms with Crippen LogP contribution in [0.2, 0.25) is 0 Å². The van der Waals surface area contributed by atoms with Gasteiger partial charge in [0.1, 0.15) is 12.1 Å². The summed E-state index contributed by atoms with van der Waals surface area (Å²) in [5.74, 6) is 2.73. The molecule has 0 spiro atoms. The minimum Gasteiger partial charge on any atom is -0.356 e. The minimum absolute atomic E-state index is 0.0564. The lowest BCUT2D eigenvalue weighted by atomic mass is 10.0. The first-order chi connectivity index (χ1) is 12.5. The van der Waals surface area contributed by atoms with Gasteiger partial charge in [0, 0.05) is 63.3 Å². The molecule has 4 heterocycles.